The first-order valence-electron chi connectivity index (χ1n) is 8.17. The molecule has 6 nitrogen and oxygen atoms in total. The molecular weight excluding hydrogens is 336 g/mol. The van der Waals surface area contributed by atoms with Crippen LogP contribution in [0.15, 0.2) is 21.9 Å². The number of nitrogens with zero attached hydrogens (tertiary/aromatic N) is 2. The summed E-state index contributed by atoms with van der Waals surface area (Å²) in [6.45, 7) is 7.33. The van der Waals surface area contributed by atoms with Crippen LogP contribution in [-0.2, 0) is 0 Å². The third-order valence-electron chi connectivity index (χ3n) is 3.94. The van der Waals surface area contributed by atoms with Gasteiger partial charge in [0.2, 0.25) is 5.88 Å². The van der Waals surface area contributed by atoms with Crippen LogP contribution in [-0.4, -0.2) is 48.1 Å². The topological polar surface area (TPSA) is 74.8 Å². The molecule has 7 heteroatoms. The lowest BCUT2D eigenvalue weighted by atomic mass is 10.0. The van der Waals surface area contributed by atoms with Gasteiger partial charge in [0.15, 0.2) is 4.77 Å². The van der Waals surface area contributed by atoms with Crippen LogP contribution < -0.4 is 10.5 Å². The first kappa shape index (κ1) is 19.1. The summed E-state index contributed by atoms with van der Waals surface area (Å²) in [5.74, 6) is -0.190. The SMILES string of the molecule is Cc1cc(C)c(-n2c(O)c(C=NCC[NH+](C)C)c(=O)[nH]c2=S)c(C)c1. The molecule has 3 N–H and O–H groups in total. The number of H-pyrrole nitrogens is 1. The van der Waals surface area contributed by atoms with Crippen LogP contribution in [0.5, 0.6) is 5.88 Å². The van der Waals surface area contributed by atoms with E-state index in [0.717, 1.165) is 28.9 Å². The number of likely N-dealkylation sites (N-methyl/N-ethyl adjacent to an activating group) is 1. The van der Waals surface area contributed by atoms with E-state index in [4.69, 9.17) is 12.2 Å². The average Bonchev–Trinajstić information content (AvgIpc) is 2.48. The predicted octanol–water partition coefficient (Wildman–Crippen LogP) is 1.09. The zero-order valence-corrected chi connectivity index (χ0v) is 16.1. The van der Waals surface area contributed by atoms with Gasteiger partial charge in [0.1, 0.15) is 5.56 Å². The van der Waals surface area contributed by atoms with Crippen molar-refractivity contribution in [1.29, 1.82) is 0 Å². The van der Waals surface area contributed by atoms with Gasteiger partial charge in [-0.3, -0.25) is 19.3 Å². The van der Waals surface area contributed by atoms with Gasteiger partial charge in [-0.15, -0.1) is 0 Å². The Morgan fingerprint density at radius 2 is 1.88 bits per heavy atom. The smallest absolute Gasteiger partial charge is 0.264 e. The van der Waals surface area contributed by atoms with Gasteiger partial charge in [-0.1, -0.05) is 17.7 Å². The van der Waals surface area contributed by atoms with E-state index in [1.807, 2.05) is 47.0 Å². The van der Waals surface area contributed by atoms with Crippen LogP contribution in [0.1, 0.15) is 22.3 Å². The van der Waals surface area contributed by atoms with Crippen molar-refractivity contribution < 1.29 is 10.0 Å². The summed E-state index contributed by atoms with van der Waals surface area (Å²) in [6, 6.07) is 4.03. The Kier molecular flexibility index (Phi) is 5.92. The molecule has 2 rings (SSSR count). The minimum absolute atomic E-state index is 0.113. The Morgan fingerprint density at radius 1 is 1.28 bits per heavy atom. The lowest BCUT2D eigenvalue weighted by Gasteiger charge is -2.17. The molecule has 25 heavy (non-hydrogen) atoms. The lowest BCUT2D eigenvalue weighted by molar-refractivity contribution is -0.856. The van der Waals surface area contributed by atoms with E-state index < -0.39 is 5.56 Å². The minimum Gasteiger partial charge on any atom is -0.494 e. The van der Waals surface area contributed by atoms with Crippen molar-refractivity contribution in [2.75, 3.05) is 27.2 Å². The van der Waals surface area contributed by atoms with Crippen molar-refractivity contribution in [2.45, 2.75) is 20.8 Å². The minimum atomic E-state index is -0.442. The van der Waals surface area contributed by atoms with Gasteiger partial charge in [-0.25, -0.2) is 0 Å². The number of aryl methyl sites for hydroxylation is 3. The number of hydrogen-bond donors (Lipinski definition) is 3. The van der Waals surface area contributed by atoms with Gasteiger partial charge in [-0.2, -0.15) is 0 Å². The predicted molar refractivity (Wildman–Crippen MR) is 103 cm³/mol. The molecule has 0 spiro atoms. The third-order valence-corrected chi connectivity index (χ3v) is 4.23. The zero-order chi connectivity index (χ0) is 18.7. The van der Waals surface area contributed by atoms with E-state index >= 15 is 0 Å². The third kappa shape index (κ3) is 4.24. The van der Waals surface area contributed by atoms with Crippen molar-refractivity contribution >= 4 is 18.4 Å². The fourth-order valence-corrected chi connectivity index (χ4v) is 3.10. The van der Waals surface area contributed by atoms with Crippen LogP contribution in [0.3, 0.4) is 0 Å². The molecule has 0 radical (unpaired) electrons. The first-order valence-corrected chi connectivity index (χ1v) is 8.58. The molecule has 0 unspecified atom stereocenters. The maximum atomic E-state index is 12.2. The molecule has 1 aromatic carbocycles. The molecule has 0 aliphatic rings. The van der Waals surface area contributed by atoms with Gasteiger partial charge in [0.25, 0.3) is 5.56 Å². The van der Waals surface area contributed by atoms with Crippen molar-refractivity contribution in [2.24, 2.45) is 4.99 Å². The normalized spacial score (nSPS) is 11.6. The molecule has 0 aliphatic carbocycles. The molecule has 1 aromatic heterocycles. The molecule has 0 aliphatic heterocycles. The Morgan fingerprint density at radius 3 is 2.44 bits per heavy atom. The largest absolute Gasteiger partial charge is 0.494 e. The van der Waals surface area contributed by atoms with E-state index in [0.29, 0.717) is 6.54 Å². The maximum Gasteiger partial charge on any atom is 0.264 e. The standard InChI is InChI=1S/C18H24N4O2S/c1-11-8-12(2)15(13(3)9-11)22-17(24)14(16(23)20-18(22)25)10-19-6-7-21(4)5/h8-10,24H,6-7H2,1-5H3,(H,20,23,25)/p+1. The maximum absolute atomic E-state index is 12.2. The monoisotopic (exact) mass is 361 g/mol. The molecule has 0 saturated heterocycles. The van der Waals surface area contributed by atoms with E-state index in [1.54, 1.807) is 0 Å². The summed E-state index contributed by atoms with van der Waals surface area (Å²) in [6.07, 6.45) is 1.42. The number of rotatable bonds is 5. The Balaban J connectivity index is 2.60. The van der Waals surface area contributed by atoms with Gasteiger partial charge < -0.3 is 10.0 Å². The summed E-state index contributed by atoms with van der Waals surface area (Å²) < 4.78 is 1.66. The Hall–Kier alpha value is -2.25. The molecular formula is C18H25N4O2S+. The Labute approximate surface area is 152 Å². The average molecular weight is 361 g/mol. The number of quaternary nitrogens is 1. The van der Waals surface area contributed by atoms with Gasteiger partial charge in [0, 0.05) is 6.21 Å². The molecule has 0 bridgehead atoms. The van der Waals surface area contributed by atoms with Gasteiger partial charge in [0.05, 0.1) is 32.9 Å². The second kappa shape index (κ2) is 7.76. The number of benzene rings is 1. The van der Waals surface area contributed by atoms with Crippen LogP contribution >= 0.6 is 12.2 Å². The quantitative estimate of drug-likeness (QED) is 0.551. The highest BCUT2D eigenvalue weighted by Crippen LogP contribution is 2.25. The Bertz CT molecular complexity index is 903. The lowest BCUT2D eigenvalue weighted by Crippen LogP contribution is -3.06. The first-order chi connectivity index (χ1) is 11.7. The summed E-state index contributed by atoms with van der Waals surface area (Å²) >= 11 is 5.29. The van der Waals surface area contributed by atoms with Crippen LogP contribution in [0.2, 0.25) is 0 Å². The highest BCUT2D eigenvalue weighted by Gasteiger charge is 2.16. The molecule has 0 saturated carbocycles. The summed E-state index contributed by atoms with van der Waals surface area (Å²) in [5, 5.41) is 10.7. The number of nitrogens with one attached hydrogen (secondary N) is 2. The number of aromatic nitrogens is 2. The molecule has 2 aromatic rings. The summed E-state index contributed by atoms with van der Waals surface area (Å²) in [4.78, 5) is 20.4. The summed E-state index contributed by atoms with van der Waals surface area (Å²) in [7, 11) is 4.06. The van der Waals surface area contributed by atoms with E-state index in [9.17, 15) is 9.90 Å². The van der Waals surface area contributed by atoms with Crippen molar-refractivity contribution in [3.05, 3.63) is 49.5 Å². The van der Waals surface area contributed by atoms with Gasteiger partial charge >= 0.3 is 0 Å². The molecule has 0 fully saturated rings. The van der Waals surface area contributed by atoms with Crippen LogP contribution in [0.4, 0.5) is 0 Å². The second-order valence-corrected chi connectivity index (χ2v) is 6.96. The number of aromatic hydroxyl groups is 1. The highest BCUT2D eigenvalue weighted by molar-refractivity contribution is 7.71. The fraction of sp³-hybridized carbons (Fsp3) is 0.389. The zero-order valence-electron chi connectivity index (χ0n) is 15.3. The van der Waals surface area contributed by atoms with E-state index in [1.165, 1.54) is 15.7 Å². The molecule has 0 amide bonds. The van der Waals surface area contributed by atoms with Crippen LogP contribution in [0, 0.1) is 25.5 Å². The number of hydrogen-bond acceptors (Lipinski definition) is 4. The highest BCUT2D eigenvalue weighted by atomic mass is 32.1. The van der Waals surface area contributed by atoms with Crippen molar-refractivity contribution in [1.82, 2.24) is 9.55 Å². The van der Waals surface area contributed by atoms with Gasteiger partial charge in [-0.05, 0) is 44.1 Å². The van der Waals surface area contributed by atoms with Crippen molar-refractivity contribution in [3.8, 4) is 11.6 Å². The molecule has 0 atom stereocenters. The number of aromatic amines is 1. The van der Waals surface area contributed by atoms with Crippen LogP contribution in [0.25, 0.3) is 5.69 Å². The molecule has 134 valence electrons. The number of aliphatic imine (C=N–C) groups is 1. The van der Waals surface area contributed by atoms with E-state index in [-0.39, 0.29) is 16.2 Å². The summed E-state index contributed by atoms with van der Waals surface area (Å²) in [5.41, 5.74) is 3.51. The molecule has 1 heterocycles. The fourth-order valence-electron chi connectivity index (χ4n) is 2.83. The van der Waals surface area contributed by atoms with E-state index in [2.05, 4.69) is 9.98 Å². The van der Waals surface area contributed by atoms with Crippen molar-refractivity contribution in [3.63, 3.8) is 0 Å². The second-order valence-electron chi connectivity index (χ2n) is 6.57.